The lowest BCUT2D eigenvalue weighted by molar-refractivity contribution is -0.481. The van der Waals surface area contributed by atoms with Crippen molar-refractivity contribution >= 4 is 11.9 Å². The molecule has 1 fully saturated rings. The number of carbonyl (C=O) groups excluding carboxylic acids is 2. The molecular formula is C15H25NO6. The molecule has 0 aromatic carbocycles. The number of rotatable bonds is 8. The summed E-state index contributed by atoms with van der Waals surface area (Å²) >= 11 is 0. The molecule has 3 unspecified atom stereocenters. The van der Waals surface area contributed by atoms with Gasteiger partial charge in [-0.05, 0) is 46.0 Å². The van der Waals surface area contributed by atoms with E-state index in [-0.39, 0.29) is 55.7 Å². The van der Waals surface area contributed by atoms with Crippen LogP contribution in [0.2, 0.25) is 0 Å². The lowest BCUT2D eigenvalue weighted by Crippen LogP contribution is -2.26. The Balaban J connectivity index is 2.59. The predicted octanol–water partition coefficient (Wildman–Crippen LogP) is 2.20. The second kappa shape index (κ2) is 7.56. The highest BCUT2D eigenvalue weighted by Gasteiger charge is 2.50. The summed E-state index contributed by atoms with van der Waals surface area (Å²) in [5.41, 5.74) is -0.554. The Bertz CT molecular complexity index is 428. The number of esters is 2. The minimum atomic E-state index is -0.554. The van der Waals surface area contributed by atoms with E-state index < -0.39 is 10.5 Å². The molecule has 0 aliphatic heterocycles. The molecule has 22 heavy (non-hydrogen) atoms. The molecule has 0 aromatic rings. The Hall–Kier alpha value is -1.66. The highest BCUT2D eigenvalue weighted by Crippen LogP contribution is 2.48. The fraction of sp³-hybridized carbons (Fsp3) is 0.867. The molecule has 1 aliphatic rings. The van der Waals surface area contributed by atoms with Crippen molar-refractivity contribution in [2.75, 3.05) is 13.2 Å². The van der Waals surface area contributed by atoms with E-state index in [2.05, 4.69) is 0 Å². The highest BCUT2D eigenvalue weighted by molar-refractivity contribution is 5.76. The van der Waals surface area contributed by atoms with Gasteiger partial charge in [-0.3, -0.25) is 19.7 Å². The van der Waals surface area contributed by atoms with Gasteiger partial charge in [-0.1, -0.05) is 0 Å². The Kier molecular flexibility index (Phi) is 6.32. The Morgan fingerprint density at radius 3 is 2.50 bits per heavy atom. The summed E-state index contributed by atoms with van der Waals surface area (Å²) in [4.78, 5) is 33.8. The predicted molar refractivity (Wildman–Crippen MR) is 78.7 cm³/mol. The molecule has 0 spiro atoms. The second-order valence-electron chi connectivity index (χ2n) is 6.65. The van der Waals surface area contributed by atoms with Crippen LogP contribution < -0.4 is 0 Å². The van der Waals surface area contributed by atoms with E-state index in [9.17, 15) is 19.7 Å². The topological polar surface area (TPSA) is 95.7 Å². The number of nitro groups is 1. The van der Waals surface area contributed by atoms with Crippen LogP contribution in [0.1, 0.15) is 47.0 Å². The van der Waals surface area contributed by atoms with Crippen molar-refractivity contribution in [2.45, 2.75) is 52.6 Å². The van der Waals surface area contributed by atoms with Crippen LogP contribution in [-0.4, -0.2) is 35.6 Å². The minimum absolute atomic E-state index is 0.0285. The SMILES string of the molecule is CCOC(=O)CC(CC[N+](=O)[O-])C1CC1C(=O)OC(C)(C)C. The van der Waals surface area contributed by atoms with Crippen molar-refractivity contribution in [3.63, 3.8) is 0 Å². The van der Waals surface area contributed by atoms with E-state index in [0.29, 0.717) is 6.42 Å². The fourth-order valence-corrected chi connectivity index (χ4v) is 2.56. The maximum atomic E-state index is 12.0. The largest absolute Gasteiger partial charge is 0.466 e. The number of nitrogens with zero attached hydrogens (tertiary/aromatic N) is 1. The summed E-state index contributed by atoms with van der Waals surface area (Å²) < 4.78 is 10.2. The summed E-state index contributed by atoms with van der Waals surface area (Å²) in [7, 11) is 0. The molecule has 0 heterocycles. The van der Waals surface area contributed by atoms with E-state index in [0.717, 1.165) is 0 Å². The van der Waals surface area contributed by atoms with Crippen LogP contribution in [0.25, 0.3) is 0 Å². The molecule has 0 aromatic heterocycles. The maximum Gasteiger partial charge on any atom is 0.309 e. The highest BCUT2D eigenvalue weighted by atomic mass is 16.6. The van der Waals surface area contributed by atoms with Gasteiger partial charge in [0.1, 0.15) is 5.60 Å². The van der Waals surface area contributed by atoms with Crippen LogP contribution in [-0.2, 0) is 19.1 Å². The van der Waals surface area contributed by atoms with Gasteiger partial charge in [0.15, 0.2) is 0 Å². The molecule has 3 atom stereocenters. The zero-order chi connectivity index (χ0) is 16.9. The van der Waals surface area contributed by atoms with Crippen LogP contribution in [0.4, 0.5) is 0 Å². The molecule has 7 nitrogen and oxygen atoms in total. The van der Waals surface area contributed by atoms with Crippen LogP contribution in [0.3, 0.4) is 0 Å². The van der Waals surface area contributed by atoms with Gasteiger partial charge in [-0.15, -0.1) is 0 Å². The smallest absolute Gasteiger partial charge is 0.309 e. The van der Waals surface area contributed by atoms with Crippen molar-refractivity contribution in [3.8, 4) is 0 Å². The van der Waals surface area contributed by atoms with E-state index in [1.807, 2.05) is 0 Å². The molecule has 0 amide bonds. The van der Waals surface area contributed by atoms with Crippen LogP contribution >= 0.6 is 0 Å². The molecule has 7 heteroatoms. The number of carbonyl (C=O) groups is 2. The quantitative estimate of drug-likeness (QED) is 0.387. The summed E-state index contributed by atoms with van der Waals surface area (Å²) in [5.74, 6) is -1.15. The monoisotopic (exact) mass is 315 g/mol. The van der Waals surface area contributed by atoms with Gasteiger partial charge >= 0.3 is 11.9 Å². The summed E-state index contributed by atoms with van der Waals surface area (Å²) in [6.07, 6.45) is 1.01. The molecule has 1 rings (SSSR count). The molecule has 0 saturated heterocycles. The molecule has 0 bridgehead atoms. The number of hydrogen-bond donors (Lipinski definition) is 0. The molecule has 126 valence electrons. The van der Waals surface area contributed by atoms with Crippen molar-refractivity contribution in [1.29, 1.82) is 0 Å². The molecule has 0 radical (unpaired) electrons. The standard InChI is InChI=1S/C15H25NO6/c1-5-21-13(17)8-10(6-7-16(19)20)11-9-12(11)14(18)22-15(2,3)4/h10-12H,5-9H2,1-4H3. The van der Waals surface area contributed by atoms with Gasteiger partial charge in [-0.2, -0.15) is 0 Å². The van der Waals surface area contributed by atoms with Crippen LogP contribution in [0.15, 0.2) is 0 Å². The van der Waals surface area contributed by atoms with Crippen molar-refractivity contribution in [1.82, 2.24) is 0 Å². The first-order valence-electron chi connectivity index (χ1n) is 7.64. The Labute approximate surface area is 130 Å². The van der Waals surface area contributed by atoms with E-state index in [1.54, 1.807) is 27.7 Å². The lowest BCUT2D eigenvalue weighted by Gasteiger charge is -2.20. The lowest BCUT2D eigenvalue weighted by atomic mass is 9.94. The first-order chi connectivity index (χ1) is 10.1. The van der Waals surface area contributed by atoms with Gasteiger partial charge < -0.3 is 9.47 Å². The van der Waals surface area contributed by atoms with Crippen LogP contribution in [0, 0.1) is 27.9 Å². The van der Waals surface area contributed by atoms with Crippen molar-refractivity contribution in [3.05, 3.63) is 10.1 Å². The number of ether oxygens (including phenoxy) is 2. The Morgan fingerprint density at radius 2 is 2.00 bits per heavy atom. The number of hydrogen-bond acceptors (Lipinski definition) is 6. The van der Waals surface area contributed by atoms with Gasteiger partial charge in [-0.25, -0.2) is 0 Å². The summed E-state index contributed by atoms with van der Waals surface area (Å²) in [6, 6.07) is 0. The third kappa shape index (κ3) is 6.41. The fourth-order valence-electron chi connectivity index (χ4n) is 2.56. The van der Waals surface area contributed by atoms with Crippen molar-refractivity contribution in [2.24, 2.45) is 17.8 Å². The summed E-state index contributed by atoms with van der Waals surface area (Å²) in [5, 5.41) is 10.6. The average Bonchev–Trinajstić information content (AvgIpc) is 3.12. The summed E-state index contributed by atoms with van der Waals surface area (Å²) in [6.45, 7) is 7.18. The maximum absolute atomic E-state index is 12.0. The van der Waals surface area contributed by atoms with Gasteiger partial charge in [0.05, 0.1) is 12.5 Å². The molecule has 1 aliphatic carbocycles. The minimum Gasteiger partial charge on any atom is -0.466 e. The molecular weight excluding hydrogens is 290 g/mol. The molecule has 1 saturated carbocycles. The average molecular weight is 315 g/mol. The van der Waals surface area contributed by atoms with Gasteiger partial charge in [0.25, 0.3) is 0 Å². The third-order valence-corrected chi connectivity index (χ3v) is 3.57. The second-order valence-corrected chi connectivity index (χ2v) is 6.65. The van der Waals surface area contributed by atoms with E-state index in [4.69, 9.17) is 9.47 Å². The van der Waals surface area contributed by atoms with Gasteiger partial charge in [0, 0.05) is 17.8 Å². The first kappa shape index (κ1) is 18.4. The van der Waals surface area contributed by atoms with E-state index in [1.165, 1.54) is 0 Å². The molecule has 0 N–H and O–H groups in total. The normalized spacial score (nSPS) is 21.8. The van der Waals surface area contributed by atoms with Crippen molar-refractivity contribution < 1.29 is 24.0 Å². The third-order valence-electron chi connectivity index (χ3n) is 3.57. The first-order valence-corrected chi connectivity index (χ1v) is 7.64. The Morgan fingerprint density at radius 1 is 1.36 bits per heavy atom. The van der Waals surface area contributed by atoms with Gasteiger partial charge in [0.2, 0.25) is 6.54 Å². The van der Waals surface area contributed by atoms with E-state index >= 15 is 0 Å². The zero-order valence-corrected chi connectivity index (χ0v) is 13.7. The van der Waals surface area contributed by atoms with Crippen LogP contribution in [0.5, 0.6) is 0 Å². The zero-order valence-electron chi connectivity index (χ0n) is 13.7.